The van der Waals surface area contributed by atoms with Crippen LogP contribution >= 0.6 is 23.2 Å². The van der Waals surface area contributed by atoms with E-state index in [2.05, 4.69) is 23.8 Å². The molecule has 0 saturated heterocycles. The summed E-state index contributed by atoms with van der Waals surface area (Å²) in [5.41, 5.74) is 2.00. The van der Waals surface area contributed by atoms with E-state index in [1.807, 2.05) is 7.05 Å². The monoisotopic (exact) mass is 258 g/mol. The molecule has 1 unspecified atom stereocenters. The van der Waals surface area contributed by atoms with Gasteiger partial charge in [0.25, 0.3) is 0 Å². The zero-order valence-corrected chi connectivity index (χ0v) is 11.1. The van der Waals surface area contributed by atoms with Gasteiger partial charge in [0, 0.05) is 6.20 Å². The van der Waals surface area contributed by atoms with Crippen LogP contribution in [0.2, 0.25) is 10.0 Å². The molecule has 1 aromatic heterocycles. The van der Waals surface area contributed by atoms with Crippen LogP contribution in [0.3, 0.4) is 0 Å². The molecule has 0 amide bonds. The summed E-state index contributed by atoms with van der Waals surface area (Å²) < 4.78 is 0. The molecule has 1 rings (SSSR count). The predicted octanol–water partition coefficient (Wildman–Crippen LogP) is 4.01. The minimum absolute atomic E-state index is 0.0946. The molecule has 0 aromatic carbocycles. The van der Waals surface area contributed by atoms with Crippen LogP contribution in [0, 0.1) is 0 Å². The molecule has 0 spiro atoms. The average molecular weight is 259 g/mol. The van der Waals surface area contributed by atoms with Crippen molar-refractivity contribution in [2.24, 2.45) is 0 Å². The van der Waals surface area contributed by atoms with Crippen molar-refractivity contribution in [3.05, 3.63) is 40.2 Å². The molecule has 0 saturated carbocycles. The van der Waals surface area contributed by atoms with E-state index in [1.54, 1.807) is 12.3 Å². The maximum Gasteiger partial charge on any atom is 0.0763 e. The normalized spacial score (nSPS) is 12.5. The van der Waals surface area contributed by atoms with Gasteiger partial charge in [0.05, 0.1) is 21.8 Å². The van der Waals surface area contributed by atoms with E-state index in [-0.39, 0.29) is 6.04 Å². The number of hydrogen-bond acceptors (Lipinski definition) is 2. The highest BCUT2D eigenvalue weighted by atomic mass is 35.5. The number of pyridine rings is 1. The van der Waals surface area contributed by atoms with E-state index >= 15 is 0 Å². The Labute approximate surface area is 107 Å². The molecule has 4 heteroatoms. The largest absolute Gasteiger partial charge is 0.311 e. The van der Waals surface area contributed by atoms with E-state index in [0.717, 1.165) is 18.5 Å². The number of aromatic nitrogens is 1. The highest BCUT2D eigenvalue weighted by molar-refractivity contribution is 6.34. The zero-order valence-electron chi connectivity index (χ0n) is 9.56. The second-order valence-electron chi connectivity index (χ2n) is 3.67. The van der Waals surface area contributed by atoms with E-state index in [4.69, 9.17) is 23.2 Å². The van der Waals surface area contributed by atoms with Crippen molar-refractivity contribution in [2.45, 2.75) is 25.8 Å². The van der Waals surface area contributed by atoms with Gasteiger partial charge >= 0.3 is 0 Å². The van der Waals surface area contributed by atoms with Crippen LogP contribution in [0.1, 0.15) is 31.5 Å². The molecule has 0 aliphatic heterocycles. The molecule has 2 nitrogen and oxygen atoms in total. The fraction of sp³-hybridized carbons (Fsp3) is 0.417. The number of halogens is 2. The van der Waals surface area contributed by atoms with E-state index in [9.17, 15) is 0 Å². The van der Waals surface area contributed by atoms with Gasteiger partial charge in [0.15, 0.2) is 0 Å². The third-order valence-electron chi connectivity index (χ3n) is 2.51. The minimum atomic E-state index is 0.0946. The molecule has 0 fully saturated rings. The van der Waals surface area contributed by atoms with Crippen molar-refractivity contribution in [3.63, 3.8) is 0 Å². The molecule has 1 atom stereocenters. The van der Waals surface area contributed by atoms with Crippen LogP contribution in [0.15, 0.2) is 24.4 Å². The van der Waals surface area contributed by atoms with Gasteiger partial charge < -0.3 is 5.32 Å². The summed E-state index contributed by atoms with van der Waals surface area (Å²) in [4.78, 5) is 4.27. The molecule has 0 aliphatic carbocycles. The lowest BCUT2D eigenvalue weighted by molar-refractivity contribution is 0.568. The van der Waals surface area contributed by atoms with Gasteiger partial charge in [0.2, 0.25) is 0 Å². The maximum atomic E-state index is 6.11. The molecule has 1 N–H and O–H groups in total. The summed E-state index contributed by atoms with van der Waals surface area (Å²) >= 11 is 11.9. The van der Waals surface area contributed by atoms with Crippen LogP contribution < -0.4 is 5.32 Å². The van der Waals surface area contributed by atoms with Crippen molar-refractivity contribution in [2.75, 3.05) is 7.05 Å². The summed E-state index contributed by atoms with van der Waals surface area (Å²) in [5, 5.41) is 4.34. The number of hydrogen-bond donors (Lipinski definition) is 1. The number of rotatable bonds is 5. The van der Waals surface area contributed by atoms with Crippen molar-refractivity contribution in [1.29, 1.82) is 0 Å². The first kappa shape index (κ1) is 13.5. The summed E-state index contributed by atoms with van der Waals surface area (Å²) in [7, 11) is 1.89. The Morgan fingerprint density at radius 1 is 1.56 bits per heavy atom. The quantitative estimate of drug-likeness (QED) is 0.808. The molecule has 0 radical (unpaired) electrons. The predicted molar refractivity (Wildman–Crippen MR) is 70.1 cm³/mol. The highest BCUT2D eigenvalue weighted by Crippen LogP contribution is 2.27. The van der Waals surface area contributed by atoms with E-state index < -0.39 is 0 Å². The Morgan fingerprint density at radius 3 is 2.75 bits per heavy atom. The first-order chi connectivity index (χ1) is 7.58. The first-order valence-corrected chi connectivity index (χ1v) is 5.99. The smallest absolute Gasteiger partial charge is 0.0763 e. The SMILES string of the molecule is C=C(CC)CC(NC)c1ncc(Cl)cc1Cl. The second-order valence-corrected chi connectivity index (χ2v) is 4.51. The molecular weight excluding hydrogens is 243 g/mol. The lowest BCUT2D eigenvalue weighted by Gasteiger charge is -2.17. The van der Waals surface area contributed by atoms with Gasteiger partial charge in [0.1, 0.15) is 0 Å². The van der Waals surface area contributed by atoms with Crippen molar-refractivity contribution >= 4 is 23.2 Å². The van der Waals surface area contributed by atoms with Crippen LogP contribution in [0.25, 0.3) is 0 Å². The van der Waals surface area contributed by atoms with Gasteiger partial charge in [-0.2, -0.15) is 0 Å². The molecule has 0 aliphatic rings. The third kappa shape index (κ3) is 3.48. The van der Waals surface area contributed by atoms with Crippen LogP contribution in [0.4, 0.5) is 0 Å². The summed E-state index contributed by atoms with van der Waals surface area (Å²) in [6.45, 7) is 6.09. The van der Waals surface area contributed by atoms with E-state index in [1.165, 1.54) is 5.57 Å². The van der Waals surface area contributed by atoms with Crippen molar-refractivity contribution < 1.29 is 0 Å². The molecule has 88 valence electrons. The zero-order chi connectivity index (χ0) is 12.1. The Morgan fingerprint density at radius 2 is 2.25 bits per heavy atom. The van der Waals surface area contributed by atoms with Gasteiger partial charge in [-0.3, -0.25) is 4.98 Å². The molecule has 1 heterocycles. The lowest BCUT2D eigenvalue weighted by Crippen LogP contribution is -2.18. The molecule has 0 bridgehead atoms. The third-order valence-corrected chi connectivity index (χ3v) is 3.02. The van der Waals surface area contributed by atoms with Crippen LogP contribution in [-0.4, -0.2) is 12.0 Å². The first-order valence-electron chi connectivity index (χ1n) is 5.23. The average Bonchev–Trinajstić information content (AvgIpc) is 2.26. The summed E-state index contributed by atoms with van der Waals surface area (Å²) in [6.07, 6.45) is 3.41. The van der Waals surface area contributed by atoms with Crippen LogP contribution in [0.5, 0.6) is 0 Å². The van der Waals surface area contributed by atoms with Gasteiger partial charge in [-0.25, -0.2) is 0 Å². The fourth-order valence-electron chi connectivity index (χ4n) is 1.45. The topological polar surface area (TPSA) is 24.9 Å². The Hall–Kier alpha value is -0.570. The Bertz CT molecular complexity index is 377. The Kier molecular flexibility index (Phi) is 5.26. The van der Waals surface area contributed by atoms with Crippen LogP contribution in [-0.2, 0) is 0 Å². The highest BCUT2D eigenvalue weighted by Gasteiger charge is 2.15. The summed E-state index contributed by atoms with van der Waals surface area (Å²) in [6, 6.07) is 1.81. The minimum Gasteiger partial charge on any atom is -0.311 e. The maximum absolute atomic E-state index is 6.11. The Balaban J connectivity index is 2.90. The van der Waals surface area contributed by atoms with Gasteiger partial charge in [-0.05, 0) is 26.0 Å². The standard InChI is InChI=1S/C12H16Cl2N2/c1-4-8(2)5-11(15-3)12-10(14)6-9(13)7-16-12/h6-7,11,15H,2,4-5H2,1,3H3. The summed E-state index contributed by atoms with van der Waals surface area (Å²) in [5.74, 6) is 0. The molecule has 16 heavy (non-hydrogen) atoms. The molecular formula is C12H16Cl2N2. The fourth-order valence-corrected chi connectivity index (χ4v) is 1.96. The number of nitrogens with one attached hydrogen (secondary N) is 1. The van der Waals surface area contributed by atoms with E-state index in [0.29, 0.717) is 10.0 Å². The molecule has 1 aromatic rings. The number of nitrogens with zero attached hydrogens (tertiary/aromatic N) is 1. The van der Waals surface area contributed by atoms with Gasteiger partial charge in [-0.15, -0.1) is 0 Å². The second kappa shape index (κ2) is 6.24. The van der Waals surface area contributed by atoms with Gasteiger partial charge in [-0.1, -0.05) is 42.3 Å². The van der Waals surface area contributed by atoms with Crippen molar-refractivity contribution in [3.8, 4) is 0 Å². The van der Waals surface area contributed by atoms with Crippen molar-refractivity contribution in [1.82, 2.24) is 10.3 Å². The lowest BCUT2D eigenvalue weighted by atomic mass is 10.0.